The molecule has 124 valence electrons. The van der Waals surface area contributed by atoms with Crippen molar-refractivity contribution >= 4 is 17.2 Å². The number of hydrogen-bond donors (Lipinski definition) is 1. The maximum absolute atomic E-state index is 12.0. The number of carbonyl (C=O) groups excluding carboxylic acids is 1. The van der Waals surface area contributed by atoms with E-state index in [4.69, 9.17) is 0 Å². The van der Waals surface area contributed by atoms with Gasteiger partial charge in [-0.25, -0.2) is 4.98 Å². The van der Waals surface area contributed by atoms with Gasteiger partial charge in [-0.1, -0.05) is 6.42 Å². The van der Waals surface area contributed by atoms with Crippen LogP contribution in [0, 0.1) is 6.92 Å². The summed E-state index contributed by atoms with van der Waals surface area (Å²) < 4.78 is 2.04. The van der Waals surface area contributed by atoms with Crippen molar-refractivity contribution in [2.75, 3.05) is 13.6 Å². The number of piperidine rings is 1. The molecule has 2 aromatic heterocycles. The van der Waals surface area contributed by atoms with Gasteiger partial charge in [-0.3, -0.25) is 9.69 Å². The Labute approximate surface area is 141 Å². The predicted octanol–water partition coefficient (Wildman–Crippen LogP) is 2.88. The highest BCUT2D eigenvalue weighted by Crippen LogP contribution is 2.33. The smallest absolute Gasteiger partial charge is 0.267 e. The van der Waals surface area contributed by atoms with Gasteiger partial charge in [0.2, 0.25) is 0 Å². The van der Waals surface area contributed by atoms with Crippen molar-refractivity contribution in [2.45, 2.75) is 38.8 Å². The first-order valence-corrected chi connectivity index (χ1v) is 9.01. The zero-order valence-corrected chi connectivity index (χ0v) is 14.8. The van der Waals surface area contributed by atoms with Crippen LogP contribution in [0.25, 0.3) is 0 Å². The van der Waals surface area contributed by atoms with Gasteiger partial charge in [-0.15, -0.1) is 11.3 Å². The number of hydrogen-bond acceptors (Lipinski definition) is 4. The topological polar surface area (TPSA) is 50.2 Å². The Balaban J connectivity index is 1.84. The zero-order chi connectivity index (χ0) is 16.4. The molecule has 1 aliphatic heterocycles. The molecule has 0 unspecified atom stereocenters. The van der Waals surface area contributed by atoms with E-state index in [9.17, 15) is 4.79 Å². The van der Waals surface area contributed by atoms with Crippen molar-refractivity contribution < 1.29 is 4.79 Å². The van der Waals surface area contributed by atoms with Gasteiger partial charge >= 0.3 is 0 Å². The molecule has 23 heavy (non-hydrogen) atoms. The molecule has 2 aromatic rings. The van der Waals surface area contributed by atoms with Gasteiger partial charge < -0.3 is 9.88 Å². The third kappa shape index (κ3) is 3.33. The fourth-order valence-corrected chi connectivity index (χ4v) is 4.03. The average Bonchev–Trinajstić information content (AvgIpc) is 3.13. The summed E-state index contributed by atoms with van der Waals surface area (Å²) in [6.07, 6.45) is 3.60. The maximum atomic E-state index is 12.0. The van der Waals surface area contributed by atoms with Gasteiger partial charge in [0.15, 0.2) is 0 Å². The second-order valence-corrected chi connectivity index (χ2v) is 7.18. The molecular formula is C17H24N4OS. The van der Waals surface area contributed by atoms with Crippen LogP contribution in [0.15, 0.2) is 17.5 Å². The molecule has 3 rings (SSSR count). The van der Waals surface area contributed by atoms with E-state index in [1.165, 1.54) is 18.5 Å². The van der Waals surface area contributed by atoms with Crippen molar-refractivity contribution in [1.82, 2.24) is 19.8 Å². The molecule has 0 radical (unpaired) electrons. The summed E-state index contributed by atoms with van der Waals surface area (Å²) in [5.74, 6) is -0.0313. The Morgan fingerprint density at radius 2 is 2.26 bits per heavy atom. The van der Waals surface area contributed by atoms with Gasteiger partial charge in [0.1, 0.15) is 5.69 Å². The summed E-state index contributed by atoms with van der Waals surface area (Å²) in [5, 5.41) is 5.98. The predicted molar refractivity (Wildman–Crippen MR) is 92.7 cm³/mol. The molecule has 6 heteroatoms. The highest BCUT2D eigenvalue weighted by atomic mass is 32.1. The highest BCUT2D eigenvalue weighted by molar-refractivity contribution is 7.09. The number of nitrogens with zero attached hydrogens (tertiary/aromatic N) is 3. The van der Waals surface area contributed by atoms with E-state index in [0.717, 1.165) is 35.9 Å². The van der Waals surface area contributed by atoms with E-state index in [-0.39, 0.29) is 5.91 Å². The molecule has 1 aliphatic rings. The van der Waals surface area contributed by atoms with Crippen LogP contribution in [-0.2, 0) is 13.6 Å². The number of thiazole rings is 1. The third-order valence-corrected chi connectivity index (χ3v) is 5.43. The largest absolute Gasteiger partial charge is 0.354 e. The van der Waals surface area contributed by atoms with Crippen LogP contribution in [0.3, 0.4) is 0 Å². The minimum Gasteiger partial charge on any atom is -0.354 e. The lowest BCUT2D eigenvalue weighted by Crippen LogP contribution is -2.34. The van der Waals surface area contributed by atoms with E-state index in [0.29, 0.717) is 6.04 Å². The van der Waals surface area contributed by atoms with E-state index < -0.39 is 0 Å². The molecule has 1 atom stereocenters. The Kier molecular flexibility index (Phi) is 4.82. The summed E-state index contributed by atoms with van der Waals surface area (Å²) in [6.45, 7) is 4.02. The Morgan fingerprint density at radius 3 is 2.96 bits per heavy atom. The quantitative estimate of drug-likeness (QED) is 0.936. The number of nitrogens with one attached hydrogen (secondary N) is 1. The summed E-state index contributed by atoms with van der Waals surface area (Å²) in [4.78, 5) is 19.1. The zero-order valence-electron chi connectivity index (χ0n) is 14.0. The molecule has 3 heterocycles. The van der Waals surface area contributed by atoms with Crippen LogP contribution in [0.1, 0.15) is 52.2 Å². The number of rotatable bonds is 4. The lowest BCUT2D eigenvalue weighted by atomic mass is 9.99. The van der Waals surface area contributed by atoms with Crippen LogP contribution >= 0.6 is 11.3 Å². The highest BCUT2D eigenvalue weighted by Gasteiger charge is 2.27. The summed E-state index contributed by atoms with van der Waals surface area (Å²) in [7, 11) is 3.66. The molecule has 0 aliphatic carbocycles. The molecule has 1 fully saturated rings. The number of aromatic nitrogens is 2. The van der Waals surface area contributed by atoms with Crippen molar-refractivity contribution in [3.8, 4) is 0 Å². The minimum absolute atomic E-state index is 0.0313. The van der Waals surface area contributed by atoms with E-state index in [1.54, 1.807) is 18.4 Å². The van der Waals surface area contributed by atoms with Gasteiger partial charge in [0.25, 0.3) is 5.91 Å². The van der Waals surface area contributed by atoms with Crippen molar-refractivity contribution in [3.05, 3.63) is 39.6 Å². The monoisotopic (exact) mass is 332 g/mol. The molecule has 0 aromatic carbocycles. The van der Waals surface area contributed by atoms with Crippen LogP contribution in [-0.4, -0.2) is 34.0 Å². The first kappa shape index (κ1) is 16.2. The van der Waals surface area contributed by atoms with Crippen molar-refractivity contribution in [2.24, 2.45) is 7.05 Å². The molecule has 1 saturated heterocycles. The number of likely N-dealkylation sites (tertiary alicyclic amines) is 1. The lowest BCUT2D eigenvalue weighted by molar-refractivity contribution is 0.0952. The van der Waals surface area contributed by atoms with E-state index >= 15 is 0 Å². The molecular weight excluding hydrogens is 308 g/mol. The normalized spacial score (nSPS) is 19.0. The van der Waals surface area contributed by atoms with E-state index in [2.05, 4.69) is 33.6 Å². The van der Waals surface area contributed by atoms with Crippen LogP contribution in [0.4, 0.5) is 0 Å². The molecule has 5 nitrogen and oxygen atoms in total. The number of carbonyl (C=O) groups is 1. The Hall–Kier alpha value is -1.66. The fourth-order valence-electron chi connectivity index (χ4n) is 3.42. The fraction of sp³-hybridized carbons (Fsp3) is 0.529. The maximum Gasteiger partial charge on any atom is 0.267 e. The second-order valence-electron chi connectivity index (χ2n) is 6.12. The minimum atomic E-state index is -0.0313. The molecule has 0 spiro atoms. The van der Waals surface area contributed by atoms with Crippen molar-refractivity contribution in [1.29, 1.82) is 0 Å². The molecule has 1 N–H and O–H groups in total. The van der Waals surface area contributed by atoms with Crippen LogP contribution in [0.5, 0.6) is 0 Å². The Morgan fingerprint density at radius 1 is 1.43 bits per heavy atom. The standard InChI is InChI=1S/C17H24N4OS/c1-12-19-13(11-23-12)10-21-9-5-4-6-15(21)14-7-8-16(20(14)3)17(22)18-2/h7-8,11,15H,4-6,9-10H2,1-3H3,(H,18,22)/t15-/m0/s1. The van der Waals surface area contributed by atoms with Crippen LogP contribution < -0.4 is 5.32 Å². The number of amides is 1. The van der Waals surface area contributed by atoms with E-state index in [1.807, 2.05) is 17.7 Å². The summed E-state index contributed by atoms with van der Waals surface area (Å²) in [6, 6.07) is 4.38. The second kappa shape index (κ2) is 6.84. The first-order chi connectivity index (χ1) is 11.1. The third-order valence-electron chi connectivity index (χ3n) is 4.61. The summed E-state index contributed by atoms with van der Waals surface area (Å²) in [5.41, 5.74) is 3.09. The van der Waals surface area contributed by atoms with Gasteiger partial charge in [0, 0.05) is 31.7 Å². The SMILES string of the molecule is CNC(=O)c1ccc([C@@H]2CCCCN2Cc2csc(C)n2)n1C. The molecule has 0 bridgehead atoms. The average molecular weight is 332 g/mol. The van der Waals surface area contributed by atoms with Gasteiger partial charge in [0.05, 0.1) is 16.7 Å². The van der Waals surface area contributed by atoms with Gasteiger partial charge in [-0.05, 0) is 38.4 Å². The van der Waals surface area contributed by atoms with Crippen molar-refractivity contribution in [3.63, 3.8) is 0 Å². The Bertz CT molecular complexity index is 691. The lowest BCUT2D eigenvalue weighted by Gasteiger charge is -2.35. The molecule has 0 saturated carbocycles. The summed E-state index contributed by atoms with van der Waals surface area (Å²) >= 11 is 1.71. The number of aryl methyl sites for hydroxylation is 1. The van der Waals surface area contributed by atoms with Crippen LogP contribution in [0.2, 0.25) is 0 Å². The molecule has 1 amide bonds. The first-order valence-electron chi connectivity index (χ1n) is 8.13. The van der Waals surface area contributed by atoms with Gasteiger partial charge in [-0.2, -0.15) is 0 Å².